The fourth-order valence-electron chi connectivity index (χ4n) is 5.33. The predicted octanol–water partition coefficient (Wildman–Crippen LogP) is 8.02. The maximum atomic E-state index is 12.6. The predicted molar refractivity (Wildman–Crippen MR) is 190 cm³/mol. The van der Waals surface area contributed by atoms with E-state index in [0.29, 0.717) is 12.8 Å². The van der Waals surface area contributed by atoms with Crippen molar-refractivity contribution in [1.82, 2.24) is 0 Å². The number of unbranched alkanes of at least 4 members (excludes halogenated alkanes) is 15. The third kappa shape index (κ3) is 29.7. The Morgan fingerprint density at radius 2 is 1.13 bits per heavy atom. The van der Waals surface area contributed by atoms with Gasteiger partial charge in [0.25, 0.3) is 0 Å². The molecule has 274 valence electrons. The number of ether oxygens (including phenoxy) is 3. The fourth-order valence-corrected chi connectivity index (χ4v) is 5.33. The van der Waals surface area contributed by atoms with E-state index in [1.807, 2.05) is 0 Å². The summed E-state index contributed by atoms with van der Waals surface area (Å²) in [6.07, 6.45) is 30.7. The molecule has 0 heterocycles. The van der Waals surface area contributed by atoms with Crippen LogP contribution in [0.2, 0.25) is 0 Å². The highest BCUT2D eigenvalue weighted by Crippen LogP contribution is 2.12. The lowest BCUT2D eigenvalue weighted by Gasteiger charge is -2.34. The first-order valence-electron chi connectivity index (χ1n) is 18.9. The monoisotopic (exact) mass is 666 g/mol. The van der Waals surface area contributed by atoms with Gasteiger partial charge in [0.15, 0.2) is 6.10 Å². The van der Waals surface area contributed by atoms with Crippen molar-refractivity contribution in [3.63, 3.8) is 0 Å². The van der Waals surface area contributed by atoms with Crippen LogP contribution in [-0.4, -0.2) is 75.5 Å². The lowest BCUT2D eigenvalue weighted by Crippen LogP contribution is -2.55. The van der Waals surface area contributed by atoms with Gasteiger partial charge in [-0.05, 0) is 44.9 Å². The Morgan fingerprint density at radius 3 is 1.66 bits per heavy atom. The molecule has 0 aliphatic rings. The summed E-state index contributed by atoms with van der Waals surface area (Å²) in [5.74, 6) is -1.76. The molecule has 0 aromatic heterocycles. The lowest BCUT2D eigenvalue weighted by molar-refractivity contribution is -0.889. The number of esters is 2. The van der Waals surface area contributed by atoms with Gasteiger partial charge in [-0.1, -0.05) is 115 Å². The summed E-state index contributed by atoms with van der Waals surface area (Å²) >= 11 is 0. The number of nitrogens with zero attached hydrogens (tertiary/aromatic N) is 1. The molecule has 0 aromatic carbocycles. The van der Waals surface area contributed by atoms with Gasteiger partial charge in [0.05, 0.1) is 40.3 Å². The smallest absolute Gasteiger partial charge is 0.306 e. The third-order valence-corrected chi connectivity index (χ3v) is 8.34. The van der Waals surface area contributed by atoms with Crippen LogP contribution in [0.5, 0.6) is 0 Å². The molecule has 8 heteroatoms. The van der Waals surface area contributed by atoms with Gasteiger partial charge >= 0.3 is 11.9 Å². The molecule has 0 aromatic rings. The number of aliphatic carboxylic acids is 1. The van der Waals surface area contributed by atoms with Gasteiger partial charge in [-0.2, -0.15) is 0 Å². The summed E-state index contributed by atoms with van der Waals surface area (Å²) < 4.78 is 17.0. The summed E-state index contributed by atoms with van der Waals surface area (Å²) in [7, 11) is 5.38. The Kier molecular flexibility index (Phi) is 29.7. The van der Waals surface area contributed by atoms with Crippen molar-refractivity contribution in [2.24, 2.45) is 0 Å². The number of likely N-dealkylation sites (N-methyl/N-ethyl adjacent to an activating group) is 1. The van der Waals surface area contributed by atoms with E-state index < -0.39 is 18.1 Å². The molecule has 0 aliphatic carbocycles. The first kappa shape index (κ1) is 44.8. The number of carbonyl (C=O) groups is 3. The molecule has 0 N–H and O–H groups in total. The summed E-state index contributed by atoms with van der Waals surface area (Å²) in [5.41, 5.74) is 0. The van der Waals surface area contributed by atoms with Gasteiger partial charge in [-0.3, -0.25) is 9.59 Å². The second-order valence-corrected chi connectivity index (χ2v) is 13.8. The molecule has 2 unspecified atom stereocenters. The maximum absolute atomic E-state index is 12.6. The van der Waals surface area contributed by atoms with Crippen molar-refractivity contribution in [2.75, 3.05) is 41.0 Å². The first-order chi connectivity index (χ1) is 22.6. The zero-order chi connectivity index (χ0) is 35.0. The summed E-state index contributed by atoms with van der Waals surface area (Å²) in [6, 6.07) is -0.723. The standard InChI is InChI=1S/C39H71NO7/c1-6-8-10-12-14-15-16-17-18-19-20-21-22-24-26-28-30-38(42)47-35(33-45-32-31-36(39(43)44)40(3,4)5)34-46-37(41)29-27-25-23-13-11-9-7-2/h15-16,18-19,35-36H,6-14,17,20-34H2,1-5H3/b16-15-,19-18-. The molecule has 2 atom stereocenters. The van der Waals surface area contributed by atoms with E-state index in [4.69, 9.17) is 14.2 Å². The van der Waals surface area contributed by atoms with Gasteiger partial charge in [0.2, 0.25) is 0 Å². The molecule has 0 saturated carbocycles. The SMILES string of the molecule is CCCCCC/C=C\C/C=C\CCCCCCCC(=O)OC(COCCC(C(=O)[O-])[N+](C)(C)C)COC(=O)CCCCCCCCC. The second-order valence-electron chi connectivity index (χ2n) is 13.8. The number of hydrogen-bond acceptors (Lipinski definition) is 7. The van der Waals surface area contributed by atoms with E-state index >= 15 is 0 Å². The van der Waals surface area contributed by atoms with E-state index in [-0.39, 0.29) is 42.7 Å². The van der Waals surface area contributed by atoms with E-state index in [1.165, 1.54) is 57.8 Å². The highest BCUT2D eigenvalue weighted by Gasteiger charge is 2.25. The van der Waals surface area contributed by atoms with E-state index in [1.54, 1.807) is 21.1 Å². The van der Waals surface area contributed by atoms with Crippen molar-refractivity contribution in [3.8, 4) is 0 Å². The van der Waals surface area contributed by atoms with Crippen molar-refractivity contribution in [1.29, 1.82) is 0 Å². The third-order valence-electron chi connectivity index (χ3n) is 8.34. The molecule has 0 bridgehead atoms. The number of carbonyl (C=O) groups excluding carboxylic acids is 3. The number of rotatable bonds is 33. The number of quaternary nitrogens is 1. The largest absolute Gasteiger partial charge is 0.544 e. The average molecular weight is 666 g/mol. The molecule has 0 aliphatic heterocycles. The maximum Gasteiger partial charge on any atom is 0.306 e. The molecular formula is C39H71NO7. The molecule has 0 saturated heterocycles. The first-order valence-corrected chi connectivity index (χ1v) is 18.9. The van der Waals surface area contributed by atoms with E-state index in [9.17, 15) is 19.5 Å². The quantitative estimate of drug-likeness (QED) is 0.0303. The van der Waals surface area contributed by atoms with Crippen LogP contribution in [0.3, 0.4) is 0 Å². The Morgan fingerprint density at radius 1 is 0.638 bits per heavy atom. The number of carboxylic acid groups (broad SMARTS) is 1. The van der Waals surface area contributed by atoms with Gasteiger partial charge in [0, 0.05) is 19.3 Å². The van der Waals surface area contributed by atoms with Crippen LogP contribution in [0, 0.1) is 0 Å². The van der Waals surface area contributed by atoms with Crippen LogP contribution in [-0.2, 0) is 28.6 Å². The summed E-state index contributed by atoms with van der Waals surface area (Å²) in [5, 5.41) is 11.5. The topological polar surface area (TPSA) is 102 Å². The van der Waals surface area contributed by atoms with E-state index in [2.05, 4.69) is 38.2 Å². The minimum Gasteiger partial charge on any atom is -0.544 e. The number of hydrogen-bond donors (Lipinski definition) is 0. The van der Waals surface area contributed by atoms with Crippen molar-refractivity contribution in [2.45, 2.75) is 167 Å². The van der Waals surface area contributed by atoms with Crippen LogP contribution < -0.4 is 5.11 Å². The molecule has 0 amide bonds. The molecule has 0 spiro atoms. The van der Waals surface area contributed by atoms with Crippen LogP contribution in [0.4, 0.5) is 0 Å². The number of allylic oxidation sites excluding steroid dienone is 4. The zero-order valence-electron chi connectivity index (χ0n) is 30.9. The van der Waals surface area contributed by atoms with Gasteiger partial charge in [-0.25, -0.2) is 0 Å². The second kappa shape index (κ2) is 31.1. The van der Waals surface area contributed by atoms with Crippen molar-refractivity contribution < 1.29 is 38.2 Å². The molecule has 0 fully saturated rings. The van der Waals surface area contributed by atoms with Crippen LogP contribution in [0.25, 0.3) is 0 Å². The molecule has 0 rings (SSSR count). The van der Waals surface area contributed by atoms with Gasteiger partial charge < -0.3 is 28.6 Å². The van der Waals surface area contributed by atoms with Crippen LogP contribution in [0.1, 0.15) is 155 Å². The highest BCUT2D eigenvalue weighted by atomic mass is 16.6. The lowest BCUT2D eigenvalue weighted by atomic mass is 10.1. The van der Waals surface area contributed by atoms with Crippen LogP contribution in [0.15, 0.2) is 24.3 Å². The zero-order valence-corrected chi connectivity index (χ0v) is 30.9. The molecule has 0 radical (unpaired) electrons. The van der Waals surface area contributed by atoms with Crippen LogP contribution >= 0.6 is 0 Å². The summed E-state index contributed by atoms with van der Waals surface area (Å²) in [6.45, 7) is 4.57. The van der Waals surface area contributed by atoms with Crippen molar-refractivity contribution in [3.05, 3.63) is 24.3 Å². The molecule has 8 nitrogen and oxygen atoms in total. The van der Waals surface area contributed by atoms with E-state index in [0.717, 1.165) is 64.2 Å². The minimum atomic E-state index is -1.13. The minimum absolute atomic E-state index is 0.0373. The molecular weight excluding hydrogens is 594 g/mol. The number of carboxylic acids is 1. The van der Waals surface area contributed by atoms with Crippen molar-refractivity contribution >= 4 is 17.9 Å². The fraction of sp³-hybridized carbons (Fsp3) is 0.821. The Balaban J connectivity index is 4.39. The molecule has 47 heavy (non-hydrogen) atoms. The Hall–Kier alpha value is -2.19. The Bertz CT molecular complexity index is 834. The average Bonchev–Trinajstić information content (AvgIpc) is 3.01. The summed E-state index contributed by atoms with van der Waals surface area (Å²) in [4.78, 5) is 36.5. The van der Waals surface area contributed by atoms with Gasteiger partial charge in [-0.15, -0.1) is 0 Å². The Labute approximate surface area is 288 Å². The normalized spacial score (nSPS) is 13.3. The highest BCUT2D eigenvalue weighted by molar-refractivity contribution is 5.70. The van der Waals surface area contributed by atoms with Gasteiger partial charge in [0.1, 0.15) is 12.6 Å².